The third-order valence-electron chi connectivity index (χ3n) is 4.18. The minimum absolute atomic E-state index is 0.578. The van der Waals surface area contributed by atoms with Gasteiger partial charge in [-0.1, -0.05) is 43.0 Å². The molecule has 0 bridgehead atoms. The summed E-state index contributed by atoms with van der Waals surface area (Å²) in [6.07, 6.45) is 6.16. The SMILES string of the molecule is CCCNc1cc(C2CCCC2)nc2cc(Cl)cc(Cl)c12. The number of halogens is 2. The molecule has 0 unspecified atom stereocenters. The zero-order valence-corrected chi connectivity index (χ0v) is 13.8. The number of hydrogen-bond donors (Lipinski definition) is 1. The van der Waals surface area contributed by atoms with Crippen molar-refractivity contribution in [2.24, 2.45) is 0 Å². The number of benzene rings is 1. The van der Waals surface area contributed by atoms with E-state index in [1.54, 1.807) is 6.07 Å². The summed E-state index contributed by atoms with van der Waals surface area (Å²) in [7, 11) is 0. The van der Waals surface area contributed by atoms with Crippen LogP contribution in [0, 0.1) is 0 Å². The van der Waals surface area contributed by atoms with Gasteiger partial charge in [-0.3, -0.25) is 4.98 Å². The number of aromatic nitrogens is 1. The van der Waals surface area contributed by atoms with Crippen molar-refractivity contribution in [1.82, 2.24) is 4.98 Å². The highest BCUT2D eigenvalue weighted by Crippen LogP contribution is 2.38. The summed E-state index contributed by atoms with van der Waals surface area (Å²) in [5.74, 6) is 0.578. The maximum atomic E-state index is 6.39. The molecule has 4 heteroatoms. The fourth-order valence-corrected chi connectivity index (χ4v) is 3.72. The van der Waals surface area contributed by atoms with Crippen LogP contribution in [0.2, 0.25) is 10.0 Å². The average molecular weight is 323 g/mol. The third kappa shape index (κ3) is 3.12. The molecule has 1 aromatic carbocycles. The van der Waals surface area contributed by atoms with Gasteiger partial charge in [0, 0.05) is 34.3 Å². The monoisotopic (exact) mass is 322 g/mol. The van der Waals surface area contributed by atoms with Crippen LogP contribution in [0.5, 0.6) is 0 Å². The molecule has 1 N–H and O–H groups in total. The van der Waals surface area contributed by atoms with Gasteiger partial charge in [-0.05, 0) is 37.5 Å². The Hall–Kier alpha value is -0.990. The van der Waals surface area contributed by atoms with E-state index < -0.39 is 0 Å². The first-order valence-electron chi connectivity index (χ1n) is 7.72. The van der Waals surface area contributed by atoms with Crippen LogP contribution >= 0.6 is 23.2 Å². The van der Waals surface area contributed by atoms with E-state index in [0.29, 0.717) is 16.0 Å². The highest BCUT2D eigenvalue weighted by molar-refractivity contribution is 6.39. The Morgan fingerprint density at radius 1 is 1.19 bits per heavy atom. The first-order valence-corrected chi connectivity index (χ1v) is 8.48. The molecule has 21 heavy (non-hydrogen) atoms. The van der Waals surface area contributed by atoms with Gasteiger partial charge in [0.15, 0.2) is 0 Å². The summed E-state index contributed by atoms with van der Waals surface area (Å²) in [4.78, 5) is 4.84. The molecule has 1 aliphatic rings. The molecule has 1 aliphatic carbocycles. The molecule has 1 heterocycles. The largest absolute Gasteiger partial charge is 0.384 e. The lowest BCUT2D eigenvalue weighted by Crippen LogP contribution is -2.04. The summed E-state index contributed by atoms with van der Waals surface area (Å²) in [6, 6.07) is 5.89. The van der Waals surface area contributed by atoms with Gasteiger partial charge in [-0.25, -0.2) is 0 Å². The maximum absolute atomic E-state index is 6.39. The van der Waals surface area contributed by atoms with Crippen molar-refractivity contribution >= 4 is 39.8 Å². The molecule has 1 saturated carbocycles. The highest BCUT2D eigenvalue weighted by atomic mass is 35.5. The molecule has 3 rings (SSSR count). The molecule has 2 nitrogen and oxygen atoms in total. The number of nitrogens with one attached hydrogen (secondary N) is 1. The Kier molecular flexibility index (Phi) is 4.56. The second kappa shape index (κ2) is 6.41. The maximum Gasteiger partial charge on any atom is 0.0756 e. The molecule has 0 amide bonds. The second-order valence-corrected chi connectivity index (χ2v) is 6.63. The predicted octanol–water partition coefficient (Wildman–Crippen LogP) is 6.02. The van der Waals surface area contributed by atoms with Crippen LogP contribution in [0.4, 0.5) is 5.69 Å². The van der Waals surface area contributed by atoms with E-state index in [4.69, 9.17) is 28.2 Å². The summed E-state index contributed by atoms with van der Waals surface area (Å²) < 4.78 is 0. The Morgan fingerprint density at radius 3 is 2.67 bits per heavy atom. The van der Waals surface area contributed by atoms with E-state index in [-0.39, 0.29) is 0 Å². The van der Waals surface area contributed by atoms with E-state index >= 15 is 0 Å². The Morgan fingerprint density at radius 2 is 1.95 bits per heavy atom. The van der Waals surface area contributed by atoms with Crippen LogP contribution in [0.25, 0.3) is 10.9 Å². The molecule has 0 spiro atoms. The van der Waals surface area contributed by atoms with Gasteiger partial charge in [0.1, 0.15) is 0 Å². The van der Waals surface area contributed by atoms with Gasteiger partial charge >= 0.3 is 0 Å². The zero-order chi connectivity index (χ0) is 14.8. The number of fused-ring (bicyclic) bond motifs is 1. The number of anilines is 1. The number of hydrogen-bond acceptors (Lipinski definition) is 2. The number of nitrogens with zero attached hydrogens (tertiary/aromatic N) is 1. The fourth-order valence-electron chi connectivity index (χ4n) is 3.14. The predicted molar refractivity (Wildman–Crippen MR) is 91.8 cm³/mol. The van der Waals surface area contributed by atoms with E-state index in [9.17, 15) is 0 Å². The minimum Gasteiger partial charge on any atom is -0.384 e. The first-order chi connectivity index (χ1) is 10.2. The highest BCUT2D eigenvalue weighted by Gasteiger charge is 2.20. The average Bonchev–Trinajstić information content (AvgIpc) is 2.97. The molecule has 2 aromatic rings. The van der Waals surface area contributed by atoms with Crippen molar-refractivity contribution in [2.75, 3.05) is 11.9 Å². The van der Waals surface area contributed by atoms with E-state index in [1.165, 1.54) is 31.4 Å². The van der Waals surface area contributed by atoms with E-state index in [2.05, 4.69) is 18.3 Å². The van der Waals surface area contributed by atoms with Gasteiger partial charge in [0.2, 0.25) is 0 Å². The fraction of sp³-hybridized carbons (Fsp3) is 0.471. The van der Waals surface area contributed by atoms with Crippen molar-refractivity contribution in [2.45, 2.75) is 44.9 Å². The Balaban J connectivity index is 2.13. The minimum atomic E-state index is 0.578. The molecular weight excluding hydrogens is 303 g/mol. The standard InChI is InChI=1S/C17H20Cl2N2/c1-2-7-20-15-10-14(11-5-3-4-6-11)21-16-9-12(18)8-13(19)17(15)16/h8-11H,2-7H2,1H3,(H,20,21). The van der Waals surface area contributed by atoms with E-state index in [1.807, 2.05) is 6.07 Å². The topological polar surface area (TPSA) is 24.9 Å². The summed E-state index contributed by atoms with van der Waals surface area (Å²) in [6.45, 7) is 3.09. The van der Waals surface area contributed by atoms with Gasteiger partial charge in [0.05, 0.1) is 10.5 Å². The van der Waals surface area contributed by atoms with Crippen LogP contribution in [0.15, 0.2) is 18.2 Å². The van der Waals surface area contributed by atoms with Crippen molar-refractivity contribution in [1.29, 1.82) is 0 Å². The third-order valence-corrected chi connectivity index (χ3v) is 4.70. The first kappa shape index (κ1) is 14.9. The van der Waals surface area contributed by atoms with Gasteiger partial charge in [-0.15, -0.1) is 0 Å². The smallest absolute Gasteiger partial charge is 0.0756 e. The van der Waals surface area contributed by atoms with Crippen LogP contribution in [0.3, 0.4) is 0 Å². The molecule has 0 aliphatic heterocycles. The summed E-state index contributed by atoms with van der Waals surface area (Å²) in [5.41, 5.74) is 3.16. The van der Waals surface area contributed by atoms with E-state index in [0.717, 1.165) is 29.6 Å². The lowest BCUT2D eigenvalue weighted by atomic mass is 10.0. The lowest BCUT2D eigenvalue weighted by molar-refractivity contribution is 0.701. The van der Waals surface area contributed by atoms with Crippen molar-refractivity contribution in [3.8, 4) is 0 Å². The Bertz CT molecular complexity index is 649. The second-order valence-electron chi connectivity index (χ2n) is 5.78. The number of rotatable bonds is 4. The molecule has 0 saturated heterocycles. The van der Waals surface area contributed by atoms with Crippen molar-refractivity contribution in [3.63, 3.8) is 0 Å². The van der Waals surface area contributed by atoms with Gasteiger partial charge in [0.25, 0.3) is 0 Å². The zero-order valence-electron chi connectivity index (χ0n) is 12.3. The summed E-state index contributed by atoms with van der Waals surface area (Å²) in [5, 5.41) is 5.79. The lowest BCUT2D eigenvalue weighted by Gasteiger charge is -2.16. The van der Waals surface area contributed by atoms with Gasteiger partial charge in [-0.2, -0.15) is 0 Å². The van der Waals surface area contributed by atoms with Crippen LogP contribution in [-0.4, -0.2) is 11.5 Å². The molecule has 0 atom stereocenters. The molecule has 1 aromatic heterocycles. The van der Waals surface area contributed by atoms with Crippen LogP contribution in [-0.2, 0) is 0 Å². The van der Waals surface area contributed by atoms with Crippen molar-refractivity contribution in [3.05, 3.63) is 33.9 Å². The molecule has 112 valence electrons. The Labute approximate surface area is 135 Å². The quantitative estimate of drug-likeness (QED) is 0.744. The van der Waals surface area contributed by atoms with Crippen molar-refractivity contribution < 1.29 is 0 Å². The van der Waals surface area contributed by atoms with Crippen LogP contribution in [0.1, 0.15) is 50.6 Å². The number of pyridine rings is 1. The summed E-state index contributed by atoms with van der Waals surface area (Å²) >= 11 is 12.5. The molecule has 0 radical (unpaired) electrons. The normalized spacial score (nSPS) is 15.8. The van der Waals surface area contributed by atoms with Crippen LogP contribution < -0.4 is 5.32 Å². The molecular formula is C17H20Cl2N2. The van der Waals surface area contributed by atoms with Gasteiger partial charge < -0.3 is 5.32 Å². The molecule has 1 fully saturated rings.